The van der Waals surface area contributed by atoms with Crippen molar-refractivity contribution in [1.82, 2.24) is 20.4 Å². The lowest BCUT2D eigenvalue weighted by Crippen LogP contribution is -2.42. The van der Waals surface area contributed by atoms with Crippen molar-refractivity contribution in [2.75, 3.05) is 0 Å². The summed E-state index contributed by atoms with van der Waals surface area (Å²) in [6.45, 7) is 0.0639. The number of nitrogens with one attached hydrogen (secondary N) is 3. The molecule has 0 aliphatic heterocycles. The third-order valence-corrected chi connectivity index (χ3v) is 6.18. The predicted molar refractivity (Wildman–Crippen MR) is 123 cm³/mol. The molecule has 0 saturated heterocycles. The number of hydrogen-bond acceptors (Lipinski definition) is 5. The normalized spacial score (nSPS) is 10.8. The molecule has 2 amide bonds. The Labute approximate surface area is 190 Å². The van der Waals surface area contributed by atoms with Crippen molar-refractivity contribution < 1.29 is 14.0 Å². The van der Waals surface area contributed by atoms with E-state index in [1.54, 1.807) is 48.5 Å². The summed E-state index contributed by atoms with van der Waals surface area (Å²) < 4.78 is 14.6. The first-order valence-electron chi connectivity index (χ1n) is 9.59. The Balaban J connectivity index is 1.35. The lowest BCUT2D eigenvalue weighted by Gasteiger charge is -2.09. The van der Waals surface area contributed by atoms with Crippen LogP contribution >= 0.6 is 23.6 Å². The molecule has 0 aliphatic carbocycles. The number of thiophene rings is 1. The van der Waals surface area contributed by atoms with E-state index in [0.717, 1.165) is 10.4 Å². The van der Waals surface area contributed by atoms with Crippen molar-refractivity contribution in [3.63, 3.8) is 0 Å². The molecule has 2 heterocycles. The van der Waals surface area contributed by atoms with E-state index in [4.69, 9.17) is 12.2 Å². The Hall–Kier alpha value is -3.63. The van der Waals surface area contributed by atoms with Crippen LogP contribution in [0.15, 0.2) is 65.5 Å². The van der Waals surface area contributed by atoms with Crippen LogP contribution in [0.5, 0.6) is 0 Å². The summed E-state index contributed by atoms with van der Waals surface area (Å²) in [4.78, 5) is 41.3. The predicted octanol–water partition coefficient (Wildman–Crippen LogP) is 3.78. The van der Waals surface area contributed by atoms with Gasteiger partial charge in [0.2, 0.25) is 5.91 Å². The largest absolute Gasteiger partial charge is 0.332 e. The van der Waals surface area contributed by atoms with E-state index in [1.807, 2.05) is 0 Å². The Kier molecular flexibility index (Phi) is 6.24. The molecule has 0 saturated carbocycles. The van der Waals surface area contributed by atoms with Gasteiger partial charge in [0.1, 0.15) is 5.82 Å². The number of aromatic amines is 1. The van der Waals surface area contributed by atoms with E-state index >= 15 is 0 Å². The van der Waals surface area contributed by atoms with Gasteiger partial charge in [0.25, 0.3) is 11.5 Å². The molecule has 2 aromatic heterocycles. The number of rotatable bonds is 5. The van der Waals surface area contributed by atoms with E-state index < -0.39 is 11.8 Å². The second-order valence-corrected chi connectivity index (χ2v) is 8.33. The number of H-pyrrole nitrogens is 1. The average molecular weight is 469 g/mol. The maximum atomic E-state index is 13.1. The van der Waals surface area contributed by atoms with Gasteiger partial charge in [-0.3, -0.25) is 29.8 Å². The van der Waals surface area contributed by atoms with Crippen molar-refractivity contribution >= 4 is 46.3 Å². The Morgan fingerprint density at radius 2 is 1.78 bits per heavy atom. The molecule has 0 radical (unpaired) electrons. The second-order valence-electron chi connectivity index (χ2n) is 6.86. The first kappa shape index (κ1) is 21.6. The molecule has 7 nitrogen and oxygen atoms in total. The molecule has 162 valence electrons. The SMILES string of the molecule is O=C(CCn1c(=S)[nH]c2ccccc2c1=O)NNC(=O)c1ccc(-c2ccc(F)cc2)s1. The van der Waals surface area contributed by atoms with Crippen LogP contribution in [-0.2, 0) is 11.3 Å². The summed E-state index contributed by atoms with van der Waals surface area (Å²) in [6.07, 6.45) is -0.0543. The van der Waals surface area contributed by atoms with E-state index in [0.29, 0.717) is 15.8 Å². The molecule has 0 atom stereocenters. The minimum atomic E-state index is -0.475. The molecule has 10 heteroatoms. The van der Waals surface area contributed by atoms with Crippen molar-refractivity contribution in [3.8, 4) is 10.4 Å². The van der Waals surface area contributed by atoms with Gasteiger partial charge in [-0.1, -0.05) is 24.3 Å². The zero-order chi connectivity index (χ0) is 22.7. The summed E-state index contributed by atoms with van der Waals surface area (Å²) in [5, 5.41) is 0.476. The molecule has 0 fully saturated rings. The van der Waals surface area contributed by atoms with E-state index in [-0.39, 0.29) is 29.1 Å². The summed E-state index contributed by atoms with van der Waals surface area (Å²) in [5.41, 5.74) is 5.84. The molecular formula is C22H17FN4O3S2. The highest BCUT2D eigenvalue weighted by atomic mass is 32.1. The van der Waals surface area contributed by atoms with Gasteiger partial charge in [-0.2, -0.15) is 0 Å². The Bertz CT molecular complexity index is 1420. The zero-order valence-corrected chi connectivity index (χ0v) is 18.2. The molecule has 3 N–H and O–H groups in total. The van der Waals surface area contributed by atoms with Crippen LogP contribution in [0.1, 0.15) is 16.1 Å². The lowest BCUT2D eigenvalue weighted by molar-refractivity contribution is -0.122. The van der Waals surface area contributed by atoms with Gasteiger partial charge < -0.3 is 4.98 Å². The lowest BCUT2D eigenvalue weighted by atomic mass is 10.2. The first-order chi connectivity index (χ1) is 15.4. The van der Waals surface area contributed by atoms with Crippen LogP contribution in [0.4, 0.5) is 4.39 Å². The van der Waals surface area contributed by atoms with Crippen molar-refractivity contribution in [2.45, 2.75) is 13.0 Å². The summed E-state index contributed by atoms with van der Waals surface area (Å²) >= 11 is 6.44. The molecular weight excluding hydrogens is 451 g/mol. The van der Waals surface area contributed by atoms with Crippen molar-refractivity contribution in [2.24, 2.45) is 0 Å². The van der Waals surface area contributed by atoms with Crippen molar-refractivity contribution in [1.29, 1.82) is 0 Å². The van der Waals surface area contributed by atoms with Crippen LogP contribution in [0.25, 0.3) is 21.3 Å². The minimum absolute atomic E-state index is 0.0543. The van der Waals surface area contributed by atoms with E-state index in [1.165, 1.54) is 28.0 Å². The average Bonchev–Trinajstić information content (AvgIpc) is 3.28. The third kappa shape index (κ3) is 4.66. The minimum Gasteiger partial charge on any atom is -0.332 e. The van der Waals surface area contributed by atoms with Gasteiger partial charge in [0.15, 0.2) is 4.77 Å². The number of fused-ring (bicyclic) bond motifs is 1. The summed E-state index contributed by atoms with van der Waals surface area (Å²) in [7, 11) is 0. The molecule has 32 heavy (non-hydrogen) atoms. The highest BCUT2D eigenvalue weighted by Gasteiger charge is 2.12. The maximum absolute atomic E-state index is 13.1. The smallest absolute Gasteiger partial charge is 0.279 e. The first-order valence-corrected chi connectivity index (χ1v) is 10.8. The highest BCUT2D eigenvalue weighted by molar-refractivity contribution is 7.71. The number of carbonyl (C=O) groups excluding carboxylic acids is 2. The van der Waals surface area contributed by atoms with Gasteiger partial charge in [-0.05, 0) is 54.2 Å². The monoisotopic (exact) mass is 468 g/mol. The quantitative estimate of drug-likeness (QED) is 0.307. The van der Waals surface area contributed by atoms with Gasteiger partial charge in [-0.15, -0.1) is 11.3 Å². The van der Waals surface area contributed by atoms with E-state index in [2.05, 4.69) is 15.8 Å². The van der Waals surface area contributed by atoms with Crippen LogP contribution in [0, 0.1) is 10.6 Å². The summed E-state index contributed by atoms with van der Waals surface area (Å²) in [5.74, 6) is -1.28. The van der Waals surface area contributed by atoms with Gasteiger partial charge in [-0.25, -0.2) is 4.39 Å². The summed E-state index contributed by atoms with van der Waals surface area (Å²) in [6, 6.07) is 16.3. The molecule has 0 bridgehead atoms. The fourth-order valence-corrected chi connectivity index (χ4v) is 4.29. The fourth-order valence-electron chi connectivity index (χ4n) is 3.10. The van der Waals surface area contributed by atoms with Gasteiger partial charge in [0.05, 0.1) is 15.8 Å². The third-order valence-electron chi connectivity index (χ3n) is 4.73. The number of halogens is 1. The van der Waals surface area contributed by atoms with Crippen LogP contribution in [0.2, 0.25) is 0 Å². The fraction of sp³-hybridized carbons (Fsp3) is 0.0909. The topological polar surface area (TPSA) is 96.0 Å². The number of nitrogens with zero attached hydrogens (tertiary/aromatic N) is 1. The Morgan fingerprint density at radius 3 is 2.56 bits per heavy atom. The molecule has 4 rings (SSSR count). The van der Waals surface area contributed by atoms with Gasteiger partial charge >= 0.3 is 0 Å². The van der Waals surface area contributed by atoms with Crippen LogP contribution < -0.4 is 16.4 Å². The van der Waals surface area contributed by atoms with Gasteiger partial charge in [0, 0.05) is 17.8 Å². The number of amides is 2. The zero-order valence-electron chi connectivity index (χ0n) is 16.6. The Morgan fingerprint density at radius 1 is 1.03 bits per heavy atom. The highest BCUT2D eigenvalue weighted by Crippen LogP contribution is 2.28. The number of benzene rings is 2. The van der Waals surface area contributed by atoms with Crippen LogP contribution in [-0.4, -0.2) is 21.4 Å². The molecule has 0 unspecified atom stereocenters. The van der Waals surface area contributed by atoms with Crippen LogP contribution in [0.3, 0.4) is 0 Å². The number of carbonyl (C=O) groups is 2. The maximum Gasteiger partial charge on any atom is 0.279 e. The molecule has 0 aliphatic rings. The molecule has 2 aromatic carbocycles. The van der Waals surface area contributed by atoms with E-state index in [9.17, 15) is 18.8 Å². The standard InChI is InChI=1S/C22H17FN4O3S2/c23-14-7-5-13(6-8-14)17-9-10-18(32-17)20(29)26-25-19(28)11-12-27-21(30)15-3-1-2-4-16(15)24-22(27)31/h1-10H,11-12H2,(H,24,31)(H,25,28)(H,26,29). The number of aromatic nitrogens is 2. The van der Waals surface area contributed by atoms with Crippen molar-refractivity contribution in [3.05, 3.63) is 86.5 Å². The molecule has 4 aromatic rings. The number of hydrogen-bond donors (Lipinski definition) is 3. The molecule has 0 spiro atoms. The second kappa shape index (κ2) is 9.25. The number of hydrazine groups is 1. The number of para-hydroxylation sites is 1.